The number of rotatable bonds is 1. The molecule has 2 nitrogen and oxygen atoms in total. The first-order valence-corrected chi connectivity index (χ1v) is 3.99. The highest BCUT2D eigenvalue weighted by atomic mass is 15.1. The lowest BCUT2D eigenvalue weighted by Crippen LogP contribution is -2.23. The zero-order valence-electron chi connectivity index (χ0n) is 6.70. The van der Waals surface area contributed by atoms with Crippen LogP contribution in [-0.4, -0.2) is 14.0 Å². The van der Waals surface area contributed by atoms with Crippen LogP contribution in [0.5, 0.6) is 0 Å². The van der Waals surface area contributed by atoms with Crippen LogP contribution in [0.25, 0.3) is 0 Å². The second-order valence-corrected chi connectivity index (χ2v) is 2.83. The number of anilines is 1. The molecule has 0 bridgehead atoms. The van der Waals surface area contributed by atoms with Gasteiger partial charge in [-0.25, -0.2) is 5.26 Å². The van der Waals surface area contributed by atoms with Crippen LogP contribution >= 0.6 is 0 Å². The molecule has 0 saturated carbocycles. The van der Waals surface area contributed by atoms with Gasteiger partial charge in [-0.2, -0.15) is 0 Å². The lowest BCUT2D eigenvalue weighted by Gasteiger charge is -2.13. The number of nitriles is 1. The lowest BCUT2D eigenvalue weighted by molar-refractivity contribution is 1.04. The highest BCUT2D eigenvalue weighted by Crippen LogP contribution is 2.25. The predicted molar refractivity (Wildman–Crippen MR) is 48.9 cm³/mol. The Bertz CT molecular complexity index is 330. The van der Waals surface area contributed by atoms with Gasteiger partial charge in [-0.05, 0) is 18.1 Å². The van der Waals surface area contributed by atoms with Crippen LogP contribution in [0.3, 0.4) is 0 Å². The molecule has 3 heteroatoms. The third-order valence-electron chi connectivity index (χ3n) is 2.14. The molecule has 0 spiro atoms. The molecule has 1 aliphatic heterocycles. The topological polar surface area (TPSA) is 27.0 Å². The highest BCUT2D eigenvalue weighted by Gasteiger charge is 2.17. The van der Waals surface area contributed by atoms with Gasteiger partial charge in [0.1, 0.15) is 0 Å². The molecule has 1 aromatic rings. The molecule has 1 heterocycles. The molecule has 1 aliphatic rings. The smallest absolute Gasteiger partial charge is 0.387 e. The predicted octanol–water partition coefficient (Wildman–Crippen LogP) is 1.15. The van der Waals surface area contributed by atoms with Crippen LogP contribution in [-0.2, 0) is 6.42 Å². The third kappa shape index (κ3) is 1.06. The van der Waals surface area contributed by atoms with E-state index < -0.39 is 0 Å². The number of fused-ring (bicyclic) bond motifs is 1. The number of para-hydroxylation sites is 1. The standard InChI is InChI=1S/C9H8BN2/c11-7-10-12-6-5-8-3-1-2-4-9(8)12/h1-4H,5-6H2. The molecule has 0 aromatic heterocycles. The van der Waals surface area contributed by atoms with E-state index in [9.17, 15) is 0 Å². The van der Waals surface area contributed by atoms with E-state index in [2.05, 4.69) is 18.1 Å². The van der Waals surface area contributed by atoms with Gasteiger partial charge in [0.25, 0.3) is 0 Å². The van der Waals surface area contributed by atoms with Crippen LogP contribution in [0.1, 0.15) is 5.56 Å². The number of hydrogen-bond donors (Lipinski definition) is 0. The molecule has 1 radical (unpaired) electrons. The van der Waals surface area contributed by atoms with E-state index in [1.807, 2.05) is 16.9 Å². The molecule has 2 rings (SSSR count). The Balaban J connectivity index is 2.31. The van der Waals surface area contributed by atoms with Crippen molar-refractivity contribution in [3.8, 4) is 5.97 Å². The first-order valence-electron chi connectivity index (χ1n) is 3.99. The van der Waals surface area contributed by atoms with Gasteiger partial charge in [0.15, 0.2) is 0 Å². The Labute approximate surface area is 72.7 Å². The van der Waals surface area contributed by atoms with Gasteiger partial charge < -0.3 is 4.81 Å². The van der Waals surface area contributed by atoms with Crippen molar-refractivity contribution in [2.45, 2.75) is 6.42 Å². The Morgan fingerprint density at radius 2 is 2.25 bits per heavy atom. The van der Waals surface area contributed by atoms with Gasteiger partial charge in [0, 0.05) is 18.2 Å². The third-order valence-corrected chi connectivity index (χ3v) is 2.14. The van der Waals surface area contributed by atoms with Gasteiger partial charge in [-0.15, -0.1) is 0 Å². The molecule has 0 N–H and O–H groups in total. The van der Waals surface area contributed by atoms with E-state index in [0.717, 1.165) is 13.0 Å². The van der Waals surface area contributed by atoms with Crippen molar-refractivity contribution in [2.24, 2.45) is 0 Å². The van der Waals surface area contributed by atoms with Gasteiger partial charge in [0.2, 0.25) is 0 Å². The molecule has 0 saturated heterocycles. The van der Waals surface area contributed by atoms with Crippen molar-refractivity contribution < 1.29 is 0 Å². The SMILES string of the molecule is N#C[B]N1CCc2ccccc21. The van der Waals surface area contributed by atoms with Crippen molar-refractivity contribution in [1.82, 2.24) is 0 Å². The fraction of sp³-hybridized carbons (Fsp3) is 0.222. The van der Waals surface area contributed by atoms with Crippen molar-refractivity contribution >= 4 is 13.1 Å². The molecule has 0 atom stereocenters. The average Bonchev–Trinajstić information content (AvgIpc) is 2.50. The normalized spacial score (nSPS) is 13.8. The second kappa shape index (κ2) is 2.90. The minimum atomic E-state index is 0.937. The first kappa shape index (κ1) is 7.24. The Morgan fingerprint density at radius 1 is 1.42 bits per heavy atom. The first-order chi connectivity index (χ1) is 5.92. The summed E-state index contributed by atoms with van der Waals surface area (Å²) in [5.41, 5.74) is 2.52. The van der Waals surface area contributed by atoms with Crippen LogP contribution in [0, 0.1) is 11.2 Å². The largest absolute Gasteiger partial charge is 0.405 e. The van der Waals surface area contributed by atoms with E-state index in [4.69, 9.17) is 5.26 Å². The van der Waals surface area contributed by atoms with Crippen LogP contribution in [0.15, 0.2) is 24.3 Å². The minimum Gasteiger partial charge on any atom is -0.405 e. The van der Waals surface area contributed by atoms with Gasteiger partial charge >= 0.3 is 7.41 Å². The number of benzene rings is 1. The van der Waals surface area contributed by atoms with E-state index in [1.165, 1.54) is 11.3 Å². The molecule has 12 heavy (non-hydrogen) atoms. The van der Waals surface area contributed by atoms with E-state index >= 15 is 0 Å². The Morgan fingerprint density at radius 3 is 3.08 bits per heavy atom. The Hall–Kier alpha value is -1.43. The van der Waals surface area contributed by atoms with Crippen molar-refractivity contribution in [3.63, 3.8) is 0 Å². The zero-order valence-corrected chi connectivity index (χ0v) is 6.70. The quantitative estimate of drug-likeness (QED) is 0.568. The van der Waals surface area contributed by atoms with Gasteiger partial charge in [-0.3, -0.25) is 0 Å². The molecule has 57 valence electrons. The van der Waals surface area contributed by atoms with E-state index in [0.29, 0.717) is 0 Å². The Kier molecular flexibility index (Phi) is 1.75. The maximum atomic E-state index is 8.51. The summed E-state index contributed by atoms with van der Waals surface area (Å²) in [5, 5.41) is 8.51. The maximum absolute atomic E-state index is 8.51. The van der Waals surface area contributed by atoms with Crippen molar-refractivity contribution in [1.29, 1.82) is 5.26 Å². The van der Waals surface area contributed by atoms with E-state index in [-0.39, 0.29) is 0 Å². The average molecular weight is 155 g/mol. The molecular formula is C9H8BN2. The summed E-state index contributed by atoms with van der Waals surface area (Å²) < 4.78 is 0. The van der Waals surface area contributed by atoms with Crippen LogP contribution in [0.4, 0.5) is 5.69 Å². The molecule has 1 aromatic carbocycles. The van der Waals surface area contributed by atoms with Gasteiger partial charge in [-0.1, -0.05) is 18.2 Å². The second-order valence-electron chi connectivity index (χ2n) is 2.83. The maximum Gasteiger partial charge on any atom is 0.387 e. The summed E-state index contributed by atoms with van der Waals surface area (Å²) in [6.07, 6.45) is 1.05. The highest BCUT2D eigenvalue weighted by molar-refractivity contribution is 6.50. The van der Waals surface area contributed by atoms with Gasteiger partial charge in [0.05, 0.1) is 0 Å². The monoisotopic (exact) mass is 155 g/mol. The minimum absolute atomic E-state index is 0.937. The molecular weight excluding hydrogens is 147 g/mol. The number of hydrogen-bond acceptors (Lipinski definition) is 2. The van der Waals surface area contributed by atoms with Crippen LogP contribution < -0.4 is 4.81 Å². The van der Waals surface area contributed by atoms with E-state index in [1.54, 1.807) is 7.41 Å². The van der Waals surface area contributed by atoms with Crippen molar-refractivity contribution in [2.75, 3.05) is 11.4 Å². The summed E-state index contributed by atoms with van der Waals surface area (Å²) in [4.78, 5) is 2.00. The summed E-state index contributed by atoms with van der Waals surface area (Å²) in [6.45, 7) is 0.937. The molecule has 0 fully saturated rings. The summed E-state index contributed by atoms with van der Waals surface area (Å²) in [7, 11) is 1.58. The van der Waals surface area contributed by atoms with Crippen molar-refractivity contribution in [3.05, 3.63) is 29.8 Å². The molecule has 0 aliphatic carbocycles. The summed E-state index contributed by atoms with van der Waals surface area (Å²) in [6, 6.07) is 8.20. The summed E-state index contributed by atoms with van der Waals surface area (Å²) >= 11 is 0. The molecule has 0 amide bonds. The molecule has 0 unspecified atom stereocenters. The lowest BCUT2D eigenvalue weighted by atomic mass is 9.95. The fourth-order valence-electron chi connectivity index (χ4n) is 1.57. The fourth-order valence-corrected chi connectivity index (χ4v) is 1.57. The van der Waals surface area contributed by atoms with Crippen LogP contribution in [0.2, 0.25) is 0 Å². The zero-order chi connectivity index (χ0) is 8.39. The summed E-state index contributed by atoms with van der Waals surface area (Å²) in [5.74, 6) is 2.05. The number of nitrogens with zero attached hydrogens (tertiary/aromatic N) is 2.